The SMILES string of the molecule is CC(C)=CCCC(C)(OC1OC(COC2OC(CO)C(O)C2OC2OCC(O)C(O)C2O)C(O)C(O)C1O)C1CCC2(C)C1C(O)CC1C3(C)CCC(OC4OC(CO)C(O)C(O)C4OC4OC(CO)C(O)C(O)C4O)C(C)(C)C3CCC12C. The first-order valence-corrected chi connectivity index (χ1v) is 30.2. The first-order chi connectivity index (χ1) is 39.4. The normalized spacial score (nSPS) is 52.9. The smallest absolute Gasteiger partial charge is 0.187 e. The average Bonchev–Trinajstić information content (AvgIpc) is 1.32. The Morgan fingerprint density at radius 2 is 1.06 bits per heavy atom. The van der Waals surface area contributed by atoms with Gasteiger partial charge in [0.05, 0.1) is 50.8 Å². The highest BCUT2D eigenvalue weighted by Gasteiger charge is 2.72. The quantitative estimate of drug-likeness (QED) is 0.0477. The molecule has 9 fully saturated rings. The average molecular weight is 1210 g/mol. The van der Waals surface area contributed by atoms with Crippen molar-refractivity contribution in [2.24, 2.45) is 45.3 Å². The van der Waals surface area contributed by atoms with Crippen LogP contribution in [0.15, 0.2) is 11.6 Å². The van der Waals surface area contributed by atoms with E-state index in [9.17, 15) is 81.7 Å². The van der Waals surface area contributed by atoms with Crippen LogP contribution >= 0.6 is 0 Å². The van der Waals surface area contributed by atoms with Crippen molar-refractivity contribution in [2.45, 2.75) is 272 Å². The number of rotatable bonds is 18. The van der Waals surface area contributed by atoms with Gasteiger partial charge in [-0.1, -0.05) is 46.3 Å². The fourth-order valence-corrected chi connectivity index (χ4v) is 17.2. The highest BCUT2D eigenvalue weighted by atomic mass is 16.8. The summed E-state index contributed by atoms with van der Waals surface area (Å²) in [6.07, 6.45) is -29.8. The van der Waals surface area contributed by atoms with Crippen molar-refractivity contribution in [3.8, 4) is 0 Å². The van der Waals surface area contributed by atoms with Crippen molar-refractivity contribution < 1.29 is 129 Å². The number of allylic oxidation sites excluding steroid dienone is 2. The summed E-state index contributed by atoms with van der Waals surface area (Å²) in [5.74, 6) is -0.565. The maximum absolute atomic E-state index is 12.9. The molecule has 9 rings (SSSR count). The molecular weight excluding hydrogens is 1110 g/mol. The van der Waals surface area contributed by atoms with E-state index < -0.39 is 203 Å². The van der Waals surface area contributed by atoms with Gasteiger partial charge in [0.2, 0.25) is 0 Å². The molecular formula is C58H98O26. The highest BCUT2D eigenvalue weighted by Crippen LogP contribution is 2.76. The van der Waals surface area contributed by atoms with Gasteiger partial charge >= 0.3 is 0 Å². The molecule has 9 aliphatic rings. The van der Waals surface area contributed by atoms with Crippen LogP contribution in [0.2, 0.25) is 0 Å². The molecule has 0 aromatic rings. The summed E-state index contributed by atoms with van der Waals surface area (Å²) in [4.78, 5) is 0. The molecule has 26 nitrogen and oxygen atoms in total. The lowest BCUT2D eigenvalue weighted by Gasteiger charge is -2.71. The Morgan fingerprint density at radius 1 is 0.524 bits per heavy atom. The topological polar surface area (TPSA) is 416 Å². The molecule has 4 saturated carbocycles. The van der Waals surface area contributed by atoms with Crippen LogP contribution in [0.1, 0.15) is 113 Å². The van der Waals surface area contributed by atoms with Gasteiger partial charge in [0, 0.05) is 0 Å². The van der Waals surface area contributed by atoms with E-state index in [2.05, 4.69) is 40.7 Å². The zero-order valence-corrected chi connectivity index (χ0v) is 49.5. The van der Waals surface area contributed by atoms with Crippen LogP contribution in [0, 0.1) is 45.3 Å². The van der Waals surface area contributed by atoms with E-state index in [0.29, 0.717) is 38.5 Å². The van der Waals surface area contributed by atoms with E-state index >= 15 is 0 Å². The zero-order chi connectivity index (χ0) is 61.5. The Bertz CT molecular complexity index is 2210. The minimum absolute atomic E-state index is 0.0176. The minimum Gasteiger partial charge on any atom is -0.394 e. The first kappa shape index (κ1) is 67.1. The molecule has 486 valence electrons. The number of ether oxygens (including phenoxy) is 10. The van der Waals surface area contributed by atoms with Crippen LogP contribution in [-0.4, -0.2) is 274 Å². The van der Waals surface area contributed by atoms with Gasteiger partial charge in [0.15, 0.2) is 31.5 Å². The summed E-state index contributed by atoms with van der Waals surface area (Å²) in [5.41, 5.74) is -1.72. The third-order valence-electron chi connectivity index (χ3n) is 22.3. The maximum Gasteiger partial charge on any atom is 0.187 e. The van der Waals surface area contributed by atoms with Gasteiger partial charge in [-0.25, -0.2) is 0 Å². The molecule has 0 aromatic heterocycles. The van der Waals surface area contributed by atoms with Crippen molar-refractivity contribution >= 4 is 0 Å². The monoisotopic (exact) mass is 1210 g/mol. The predicted octanol–water partition coefficient (Wildman–Crippen LogP) is -3.10. The minimum atomic E-state index is -1.83. The first-order valence-electron chi connectivity index (χ1n) is 30.2. The maximum atomic E-state index is 12.9. The Morgan fingerprint density at radius 3 is 1.70 bits per heavy atom. The number of aliphatic hydroxyl groups excluding tert-OH is 16. The Balaban J connectivity index is 0.918. The number of hydrogen-bond acceptors (Lipinski definition) is 26. The van der Waals surface area contributed by atoms with Crippen molar-refractivity contribution in [3.63, 3.8) is 0 Å². The molecule has 5 heterocycles. The molecule has 0 spiro atoms. The van der Waals surface area contributed by atoms with E-state index in [1.165, 1.54) is 0 Å². The summed E-state index contributed by atoms with van der Waals surface area (Å²) in [6, 6.07) is 0. The third-order valence-corrected chi connectivity index (χ3v) is 22.3. The standard InChI is InChI=1S/C58H98O26/c1-24(2)10-9-14-58(8,84-51-46(74)42(70)39(67)31(80-51)23-76-52-47(40(68)30(21-61)78-52)82-49-44(72)36(64)27(63)22-75-49)25-11-16-57(7)35(25)26(62)18-33-55(5)15-13-34(54(3,4)32(55)12-17-56(33,57)6)81-53-48(43(71)38(66)29(20-60)79-53)83-50-45(73)41(69)37(65)28(19-59)77-50/h10,25-53,59-74H,9,11-23H2,1-8H3. The van der Waals surface area contributed by atoms with E-state index in [0.717, 1.165) is 24.8 Å². The van der Waals surface area contributed by atoms with Gasteiger partial charge in [-0.15, -0.1) is 0 Å². The Labute approximate surface area is 490 Å². The molecule has 26 heteroatoms. The van der Waals surface area contributed by atoms with Crippen LogP contribution in [0.3, 0.4) is 0 Å². The molecule has 5 saturated heterocycles. The summed E-state index contributed by atoms with van der Waals surface area (Å²) >= 11 is 0. The second-order valence-corrected chi connectivity index (χ2v) is 27.6. The molecule has 0 bridgehead atoms. The fraction of sp³-hybridized carbons (Fsp3) is 0.966. The van der Waals surface area contributed by atoms with E-state index in [4.69, 9.17) is 47.4 Å². The van der Waals surface area contributed by atoms with Gasteiger partial charge in [0.25, 0.3) is 0 Å². The fourth-order valence-electron chi connectivity index (χ4n) is 17.2. The zero-order valence-electron chi connectivity index (χ0n) is 49.5. The van der Waals surface area contributed by atoms with E-state index in [1.54, 1.807) is 0 Å². The molecule has 33 atom stereocenters. The van der Waals surface area contributed by atoms with Crippen LogP contribution < -0.4 is 0 Å². The lowest BCUT2D eigenvalue weighted by molar-refractivity contribution is -0.378. The third kappa shape index (κ3) is 11.9. The number of aliphatic hydroxyl groups is 16. The predicted molar refractivity (Wildman–Crippen MR) is 287 cm³/mol. The lowest BCUT2D eigenvalue weighted by Crippen LogP contribution is -2.68. The van der Waals surface area contributed by atoms with Crippen molar-refractivity contribution in [2.75, 3.05) is 33.0 Å². The second kappa shape index (κ2) is 25.8. The van der Waals surface area contributed by atoms with Crippen molar-refractivity contribution in [1.82, 2.24) is 0 Å². The molecule has 84 heavy (non-hydrogen) atoms. The molecule has 16 N–H and O–H groups in total. The highest BCUT2D eigenvalue weighted by molar-refractivity contribution is 5.21. The number of fused-ring (bicyclic) bond motifs is 5. The van der Waals surface area contributed by atoms with Crippen LogP contribution in [-0.2, 0) is 47.4 Å². The largest absolute Gasteiger partial charge is 0.394 e. The van der Waals surface area contributed by atoms with Gasteiger partial charge in [0.1, 0.15) is 110 Å². The molecule has 5 aliphatic heterocycles. The molecule has 0 amide bonds. The number of hydrogen-bond donors (Lipinski definition) is 16. The van der Waals surface area contributed by atoms with Gasteiger partial charge in [-0.2, -0.15) is 0 Å². The summed E-state index contributed by atoms with van der Waals surface area (Å²) < 4.78 is 60.9. The van der Waals surface area contributed by atoms with E-state index in [-0.39, 0.29) is 34.5 Å². The lowest BCUT2D eigenvalue weighted by atomic mass is 9.35. The van der Waals surface area contributed by atoms with Crippen LogP contribution in [0.5, 0.6) is 0 Å². The van der Waals surface area contributed by atoms with E-state index in [1.807, 2.05) is 20.8 Å². The summed E-state index contributed by atoms with van der Waals surface area (Å²) in [5, 5.41) is 174. The van der Waals surface area contributed by atoms with Gasteiger partial charge < -0.3 is 129 Å². The van der Waals surface area contributed by atoms with Gasteiger partial charge in [-0.05, 0) is 124 Å². The molecule has 0 radical (unpaired) electrons. The second-order valence-electron chi connectivity index (χ2n) is 27.6. The Hall–Kier alpha value is -1.30. The molecule has 4 aliphatic carbocycles. The van der Waals surface area contributed by atoms with Crippen molar-refractivity contribution in [1.29, 1.82) is 0 Å². The van der Waals surface area contributed by atoms with Gasteiger partial charge in [-0.3, -0.25) is 0 Å². The van der Waals surface area contributed by atoms with Crippen molar-refractivity contribution in [3.05, 3.63) is 11.6 Å². The molecule has 0 aromatic carbocycles. The van der Waals surface area contributed by atoms with Crippen LogP contribution in [0.4, 0.5) is 0 Å². The Kier molecular flexibility index (Phi) is 20.6. The molecule has 33 unspecified atom stereocenters. The summed E-state index contributed by atoms with van der Waals surface area (Å²) in [7, 11) is 0. The van der Waals surface area contributed by atoms with Crippen LogP contribution in [0.25, 0.3) is 0 Å². The summed E-state index contributed by atoms with van der Waals surface area (Å²) in [6.45, 7) is 14.1.